The van der Waals surface area contributed by atoms with E-state index in [9.17, 15) is 23.1 Å². The van der Waals surface area contributed by atoms with Crippen LogP contribution in [0.2, 0.25) is 0 Å². The van der Waals surface area contributed by atoms with Gasteiger partial charge < -0.3 is 5.11 Å². The van der Waals surface area contributed by atoms with Gasteiger partial charge in [0.05, 0.1) is 27.5 Å². The minimum Gasteiger partial charge on any atom is -0.481 e. The van der Waals surface area contributed by atoms with E-state index in [-0.39, 0.29) is 35.5 Å². The lowest BCUT2D eigenvalue weighted by atomic mass is 9.96. The van der Waals surface area contributed by atoms with E-state index in [2.05, 4.69) is 4.98 Å². The van der Waals surface area contributed by atoms with Crippen LogP contribution in [0.1, 0.15) is 16.1 Å². The van der Waals surface area contributed by atoms with Crippen LogP contribution in [0.5, 0.6) is 0 Å². The monoisotopic (exact) mass is 526 g/mol. The van der Waals surface area contributed by atoms with Gasteiger partial charge in [0.25, 0.3) is 0 Å². The maximum absolute atomic E-state index is 14.3. The van der Waals surface area contributed by atoms with Crippen molar-refractivity contribution in [2.24, 2.45) is 0 Å². The second-order valence-corrected chi connectivity index (χ2v) is 9.01. The molecular formula is C27H18ClF3N2O2S. The molecule has 0 aliphatic heterocycles. The number of carboxylic acid groups (broad SMARTS) is 1. The molecule has 0 bridgehead atoms. The highest BCUT2D eigenvalue weighted by molar-refractivity contribution is 7.18. The Kier molecular flexibility index (Phi) is 7.37. The van der Waals surface area contributed by atoms with Gasteiger partial charge in [-0.05, 0) is 11.1 Å². The first-order chi connectivity index (χ1) is 16.9. The Morgan fingerprint density at radius 3 is 1.97 bits per heavy atom. The minimum absolute atomic E-state index is 0. The molecule has 0 radical (unpaired) electrons. The Labute approximate surface area is 214 Å². The molecule has 0 spiro atoms. The van der Waals surface area contributed by atoms with Crippen LogP contribution in [0.4, 0.5) is 13.2 Å². The fraction of sp³-hybridized carbons (Fsp3) is 0.0741. The lowest BCUT2D eigenvalue weighted by Gasteiger charge is -2.15. The Bertz CT molecular complexity index is 1560. The van der Waals surface area contributed by atoms with Crippen molar-refractivity contribution in [2.75, 3.05) is 0 Å². The fourth-order valence-corrected chi connectivity index (χ4v) is 4.98. The van der Waals surface area contributed by atoms with Crippen LogP contribution in [-0.4, -0.2) is 21.0 Å². The molecule has 0 fully saturated rings. The molecule has 5 rings (SSSR count). The van der Waals surface area contributed by atoms with E-state index < -0.39 is 23.4 Å². The molecular weight excluding hydrogens is 509 g/mol. The van der Waals surface area contributed by atoms with Crippen molar-refractivity contribution in [1.82, 2.24) is 9.97 Å². The zero-order valence-corrected chi connectivity index (χ0v) is 20.2. The van der Waals surface area contributed by atoms with Gasteiger partial charge in [-0.2, -0.15) is 0 Å². The summed E-state index contributed by atoms with van der Waals surface area (Å²) >= 11 is 0.929. The van der Waals surface area contributed by atoms with E-state index in [1.807, 2.05) is 60.7 Å². The summed E-state index contributed by atoms with van der Waals surface area (Å²) in [6.07, 6.45) is -0.119. The molecule has 0 unspecified atom stereocenters. The topological polar surface area (TPSA) is 63.1 Å². The average molecular weight is 527 g/mol. The Balaban J connectivity index is 0.00000304. The predicted octanol–water partition coefficient (Wildman–Crippen LogP) is 7.08. The lowest BCUT2D eigenvalue weighted by molar-refractivity contribution is -0.136. The first-order valence-corrected chi connectivity index (χ1v) is 11.5. The molecule has 1 N–H and O–H groups in total. The van der Waals surface area contributed by atoms with Crippen molar-refractivity contribution in [2.45, 2.75) is 12.8 Å². The van der Waals surface area contributed by atoms with Crippen molar-refractivity contribution < 1.29 is 23.1 Å². The summed E-state index contributed by atoms with van der Waals surface area (Å²) in [4.78, 5) is 20.7. The van der Waals surface area contributed by atoms with Crippen LogP contribution < -0.4 is 0 Å². The van der Waals surface area contributed by atoms with E-state index in [1.165, 1.54) is 0 Å². The molecule has 4 nitrogen and oxygen atoms in total. The molecule has 5 aromatic rings. The van der Waals surface area contributed by atoms with Crippen molar-refractivity contribution in [3.8, 4) is 22.5 Å². The van der Waals surface area contributed by atoms with Crippen LogP contribution in [0, 0.1) is 17.5 Å². The Morgan fingerprint density at radius 2 is 1.39 bits per heavy atom. The van der Waals surface area contributed by atoms with Crippen LogP contribution in [0.25, 0.3) is 32.7 Å². The number of nitrogens with zero attached hydrogens (tertiary/aromatic N) is 2. The van der Waals surface area contributed by atoms with E-state index in [1.54, 1.807) is 6.07 Å². The number of rotatable bonds is 6. The number of aliphatic carboxylic acids is 1. The molecule has 3 aromatic carbocycles. The standard InChI is InChI=1S/C27H17F3N2O2S.ClH/c28-19-14-20(29)27-26(23(19)30)31-21(35-27)12-17-11-18(13-22(33)34)25(16-9-5-2-6-10-16)32-24(17)15-7-3-1-4-8-15;/h1-11,14H,12-13H2,(H,33,34);1H. The lowest BCUT2D eigenvalue weighted by Crippen LogP contribution is -2.07. The van der Waals surface area contributed by atoms with Gasteiger partial charge in [-0.15, -0.1) is 23.7 Å². The zero-order chi connectivity index (χ0) is 24.5. The van der Waals surface area contributed by atoms with Gasteiger partial charge in [0.1, 0.15) is 11.3 Å². The second-order valence-electron chi connectivity index (χ2n) is 7.92. The molecule has 0 saturated heterocycles. The number of pyridine rings is 1. The van der Waals surface area contributed by atoms with Gasteiger partial charge in [0, 0.05) is 23.6 Å². The van der Waals surface area contributed by atoms with Crippen LogP contribution in [0.3, 0.4) is 0 Å². The SMILES string of the molecule is Cl.O=C(O)Cc1cc(Cc2nc3c(F)c(F)cc(F)c3s2)c(-c2ccccc2)nc1-c1ccccc1. The first-order valence-electron chi connectivity index (χ1n) is 10.7. The van der Waals surface area contributed by atoms with Crippen LogP contribution in [0.15, 0.2) is 72.8 Å². The molecule has 0 aliphatic carbocycles. The van der Waals surface area contributed by atoms with E-state index in [0.717, 1.165) is 22.5 Å². The van der Waals surface area contributed by atoms with Crippen molar-refractivity contribution >= 4 is 39.9 Å². The Hall–Kier alpha value is -3.75. The summed E-state index contributed by atoms with van der Waals surface area (Å²) < 4.78 is 42.1. The summed E-state index contributed by atoms with van der Waals surface area (Å²) in [5.74, 6) is -4.39. The van der Waals surface area contributed by atoms with Gasteiger partial charge in [-0.25, -0.2) is 23.1 Å². The predicted molar refractivity (Wildman–Crippen MR) is 136 cm³/mol. The number of hydrogen-bond donors (Lipinski definition) is 1. The third-order valence-electron chi connectivity index (χ3n) is 5.52. The Morgan fingerprint density at radius 1 is 0.806 bits per heavy atom. The highest BCUT2D eigenvalue weighted by atomic mass is 35.5. The summed E-state index contributed by atoms with van der Waals surface area (Å²) in [5.41, 5.74) is 3.50. The third kappa shape index (κ3) is 4.96. The highest BCUT2D eigenvalue weighted by Gasteiger charge is 2.21. The van der Waals surface area contributed by atoms with E-state index in [0.29, 0.717) is 33.6 Å². The zero-order valence-electron chi connectivity index (χ0n) is 18.5. The van der Waals surface area contributed by atoms with Crippen LogP contribution in [-0.2, 0) is 17.6 Å². The minimum atomic E-state index is -1.30. The molecule has 0 atom stereocenters. The summed E-state index contributed by atoms with van der Waals surface area (Å²) in [5, 5.41) is 9.89. The molecule has 0 amide bonds. The molecule has 2 heterocycles. The third-order valence-corrected chi connectivity index (χ3v) is 6.58. The second kappa shape index (κ2) is 10.5. The molecule has 9 heteroatoms. The summed E-state index contributed by atoms with van der Waals surface area (Å²) in [7, 11) is 0. The molecule has 0 saturated carbocycles. The maximum Gasteiger partial charge on any atom is 0.307 e. The summed E-state index contributed by atoms with van der Waals surface area (Å²) in [6.45, 7) is 0. The summed E-state index contributed by atoms with van der Waals surface area (Å²) in [6, 6.07) is 20.9. The van der Waals surface area contributed by atoms with Gasteiger partial charge in [-0.3, -0.25) is 4.79 Å². The van der Waals surface area contributed by atoms with Crippen molar-refractivity contribution in [1.29, 1.82) is 0 Å². The van der Waals surface area contributed by atoms with Gasteiger partial charge in [-0.1, -0.05) is 66.7 Å². The first kappa shape index (κ1) is 25.3. The van der Waals surface area contributed by atoms with E-state index in [4.69, 9.17) is 4.98 Å². The molecule has 0 aliphatic rings. The van der Waals surface area contributed by atoms with Crippen LogP contribution >= 0.6 is 23.7 Å². The quantitative estimate of drug-likeness (QED) is 0.240. The fourth-order valence-electron chi connectivity index (χ4n) is 3.99. The maximum atomic E-state index is 14.3. The highest BCUT2D eigenvalue weighted by Crippen LogP contribution is 2.34. The largest absolute Gasteiger partial charge is 0.481 e. The van der Waals surface area contributed by atoms with Crippen molar-refractivity contribution in [3.05, 3.63) is 106 Å². The van der Waals surface area contributed by atoms with Gasteiger partial charge >= 0.3 is 5.97 Å². The number of aromatic nitrogens is 2. The van der Waals surface area contributed by atoms with E-state index >= 15 is 0 Å². The molecule has 36 heavy (non-hydrogen) atoms. The number of carbonyl (C=O) groups is 1. The molecule has 2 aromatic heterocycles. The smallest absolute Gasteiger partial charge is 0.307 e. The number of halogens is 4. The average Bonchev–Trinajstić information content (AvgIpc) is 3.28. The number of hydrogen-bond acceptors (Lipinski definition) is 4. The van der Waals surface area contributed by atoms with Gasteiger partial charge in [0.2, 0.25) is 0 Å². The van der Waals surface area contributed by atoms with Gasteiger partial charge in [0.15, 0.2) is 11.6 Å². The number of fused-ring (bicyclic) bond motifs is 1. The molecule has 182 valence electrons. The normalized spacial score (nSPS) is 10.9. The number of thiazole rings is 1. The number of benzene rings is 3. The van der Waals surface area contributed by atoms with Crippen molar-refractivity contribution in [3.63, 3.8) is 0 Å². The number of carboxylic acids is 1.